The molecule has 0 aliphatic rings. The minimum absolute atomic E-state index is 0.244. The van der Waals surface area contributed by atoms with Gasteiger partial charge in [0.1, 0.15) is 18.0 Å². The van der Waals surface area contributed by atoms with E-state index in [1.807, 2.05) is 39.0 Å². The number of nitrogen functional groups attached to an aromatic ring is 1. The van der Waals surface area contributed by atoms with Crippen molar-refractivity contribution in [3.63, 3.8) is 0 Å². The number of ether oxygens (including phenoxy) is 4. The van der Waals surface area contributed by atoms with E-state index in [9.17, 15) is 4.79 Å². The fourth-order valence-electron chi connectivity index (χ4n) is 1.69. The third kappa shape index (κ3) is 9.76. The molecule has 23 heavy (non-hydrogen) atoms. The van der Waals surface area contributed by atoms with Crippen molar-refractivity contribution in [2.75, 3.05) is 38.8 Å². The molecule has 0 aliphatic carbocycles. The van der Waals surface area contributed by atoms with Crippen molar-refractivity contribution >= 4 is 11.7 Å². The Balaban J connectivity index is 1.94. The fourth-order valence-corrected chi connectivity index (χ4v) is 1.69. The molecule has 1 rings (SSSR count). The number of carbonyl (C=O) groups is 1. The van der Waals surface area contributed by atoms with Gasteiger partial charge in [-0.25, -0.2) is 0 Å². The number of carbonyl (C=O) groups excluding carboxylic acids is 1. The number of nitrogens with two attached hydrogens (primary N) is 1. The topological polar surface area (TPSA) is 80.0 Å². The lowest BCUT2D eigenvalue weighted by Gasteiger charge is -2.19. The van der Waals surface area contributed by atoms with Crippen LogP contribution in [0.1, 0.15) is 27.2 Å². The molecular formula is C17H27NO5. The van der Waals surface area contributed by atoms with Gasteiger partial charge >= 0.3 is 5.97 Å². The van der Waals surface area contributed by atoms with Gasteiger partial charge in [0.25, 0.3) is 0 Å². The molecule has 0 saturated heterocycles. The molecule has 6 nitrogen and oxygen atoms in total. The first-order valence-corrected chi connectivity index (χ1v) is 7.73. The van der Waals surface area contributed by atoms with E-state index < -0.39 is 5.60 Å². The van der Waals surface area contributed by atoms with Crippen LogP contribution in [0.4, 0.5) is 5.69 Å². The quantitative estimate of drug-likeness (QED) is 0.404. The van der Waals surface area contributed by atoms with Crippen molar-refractivity contribution in [1.29, 1.82) is 0 Å². The predicted octanol–water partition coefficient (Wildman–Crippen LogP) is 2.41. The molecule has 130 valence electrons. The zero-order valence-electron chi connectivity index (χ0n) is 14.2. The molecule has 0 amide bonds. The Hall–Kier alpha value is -1.79. The van der Waals surface area contributed by atoms with Crippen LogP contribution in [0.15, 0.2) is 24.3 Å². The van der Waals surface area contributed by atoms with Gasteiger partial charge in [0.2, 0.25) is 0 Å². The minimum atomic E-state index is -0.456. The van der Waals surface area contributed by atoms with Gasteiger partial charge in [-0.2, -0.15) is 0 Å². The molecule has 0 radical (unpaired) electrons. The maximum absolute atomic E-state index is 11.4. The van der Waals surface area contributed by atoms with E-state index in [2.05, 4.69) is 0 Å². The third-order valence-electron chi connectivity index (χ3n) is 2.65. The Labute approximate surface area is 137 Å². The number of esters is 1. The molecule has 6 heteroatoms. The lowest BCUT2D eigenvalue weighted by atomic mass is 10.2. The number of benzene rings is 1. The molecule has 0 aliphatic heterocycles. The summed E-state index contributed by atoms with van der Waals surface area (Å²) in [6.45, 7) is 7.59. The summed E-state index contributed by atoms with van der Waals surface area (Å²) in [6, 6.07) is 7.32. The lowest BCUT2D eigenvalue weighted by molar-refractivity contribution is -0.156. The van der Waals surface area contributed by atoms with E-state index in [1.165, 1.54) is 0 Å². The summed E-state index contributed by atoms with van der Waals surface area (Å²) >= 11 is 0. The second-order valence-corrected chi connectivity index (χ2v) is 5.95. The highest BCUT2D eigenvalue weighted by atomic mass is 16.6. The van der Waals surface area contributed by atoms with E-state index in [4.69, 9.17) is 24.7 Å². The predicted molar refractivity (Wildman–Crippen MR) is 88.4 cm³/mol. The molecule has 0 unspecified atom stereocenters. The van der Waals surface area contributed by atoms with Crippen LogP contribution in [0.3, 0.4) is 0 Å². The molecule has 0 aromatic heterocycles. The number of rotatable bonds is 10. The Morgan fingerprint density at radius 3 is 2.26 bits per heavy atom. The second kappa shape index (κ2) is 10.1. The highest BCUT2D eigenvalue weighted by Gasteiger charge is 2.15. The molecule has 0 spiro atoms. The maximum atomic E-state index is 11.4. The first kappa shape index (κ1) is 19.3. The normalized spacial score (nSPS) is 11.3. The van der Waals surface area contributed by atoms with E-state index in [1.54, 1.807) is 6.07 Å². The van der Waals surface area contributed by atoms with Crippen LogP contribution >= 0.6 is 0 Å². The Morgan fingerprint density at radius 1 is 1.00 bits per heavy atom. The molecule has 0 atom stereocenters. The zero-order chi connectivity index (χ0) is 17.1. The van der Waals surface area contributed by atoms with Crippen LogP contribution in [-0.2, 0) is 19.0 Å². The summed E-state index contributed by atoms with van der Waals surface area (Å²) in [7, 11) is 0. The highest BCUT2D eigenvalue weighted by Crippen LogP contribution is 2.19. The van der Waals surface area contributed by atoms with E-state index in [0.717, 1.165) is 0 Å². The van der Waals surface area contributed by atoms with Gasteiger partial charge in [0.15, 0.2) is 0 Å². The zero-order valence-corrected chi connectivity index (χ0v) is 14.2. The van der Waals surface area contributed by atoms with Gasteiger partial charge in [-0.3, -0.25) is 4.79 Å². The van der Waals surface area contributed by atoms with Gasteiger partial charge in [0.05, 0.1) is 38.5 Å². The van der Waals surface area contributed by atoms with Gasteiger partial charge in [-0.05, 0) is 32.9 Å². The molecular weight excluding hydrogens is 298 g/mol. The van der Waals surface area contributed by atoms with Crippen LogP contribution in [0, 0.1) is 0 Å². The van der Waals surface area contributed by atoms with Gasteiger partial charge in [0, 0.05) is 0 Å². The van der Waals surface area contributed by atoms with Gasteiger partial charge < -0.3 is 24.7 Å². The van der Waals surface area contributed by atoms with Gasteiger partial charge in [-0.15, -0.1) is 0 Å². The average molecular weight is 325 g/mol. The molecule has 1 aromatic rings. The fraction of sp³-hybridized carbons (Fsp3) is 0.588. The van der Waals surface area contributed by atoms with Gasteiger partial charge in [-0.1, -0.05) is 12.1 Å². The summed E-state index contributed by atoms with van der Waals surface area (Å²) in [4.78, 5) is 11.4. The molecule has 0 bridgehead atoms. The SMILES string of the molecule is CC(C)(C)OC(=O)CCOCCOCCOc1ccccc1N. The van der Waals surface area contributed by atoms with Crippen molar-refractivity contribution in [3.8, 4) is 5.75 Å². The standard InChI is InChI=1S/C17H27NO5/c1-17(2,3)23-16(19)8-9-20-10-11-21-12-13-22-15-7-5-4-6-14(15)18/h4-7H,8-13,18H2,1-3H3. The molecule has 2 N–H and O–H groups in total. The van der Waals surface area contributed by atoms with Crippen LogP contribution in [-0.4, -0.2) is 44.6 Å². The van der Waals surface area contributed by atoms with E-state index in [0.29, 0.717) is 44.5 Å². The molecule has 0 fully saturated rings. The number of anilines is 1. The number of para-hydroxylation sites is 2. The smallest absolute Gasteiger partial charge is 0.308 e. The molecule has 0 heterocycles. The third-order valence-corrected chi connectivity index (χ3v) is 2.65. The largest absolute Gasteiger partial charge is 0.489 e. The Morgan fingerprint density at radius 2 is 1.61 bits per heavy atom. The summed E-state index contributed by atoms with van der Waals surface area (Å²) in [5, 5.41) is 0. The lowest BCUT2D eigenvalue weighted by Crippen LogP contribution is -2.24. The first-order chi connectivity index (χ1) is 10.9. The van der Waals surface area contributed by atoms with Crippen LogP contribution in [0.25, 0.3) is 0 Å². The van der Waals surface area contributed by atoms with Crippen molar-refractivity contribution in [2.45, 2.75) is 32.8 Å². The van der Waals surface area contributed by atoms with Crippen LogP contribution in [0.2, 0.25) is 0 Å². The Kier molecular flexibility index (Phi) is 8.43. The van der Waals surface area contributed by atoms with Crippen LogP contribution < -0.4 is 10.5 Å². The molecule has 0 saturated carbocycles. The average Bonchev–Trinajstić information content (AvgIpc) is 2.45. The van der Waals surface area contributed by atoms with Crippen molar-refractivity contribution in [3.05, 3.63) is 24.3 Å². The van der Waals surface area contributed by atoms with E-state index >= 15 is 0 Å². The second-order valence-electron chi connectivity index (χ2n) is 5.95. The van der Waals surface area contributed by atoms with Crippen molar-refractivity contribution < 1.29 is 23.7 Å². The summed E-state index contributed by atoms with van der Waals surface area (Å²) in [5.74, 6) is 0.400. The van der Waals surface area contributed by atoms with Crippen molar-refractivity contribution in [2.24, 2.45) is 0 Å². The first-order valence-electron chi connectivity index (χ1n) is 7.73. The maximum Gasteiger partial charge on any atom is 0.308 e. The highest BCUT2D eigenvalue weighted by molar-refractivity contribution is 5.69. The summed E-state index contributed by atoms with van der Waals surface area (Å²) in [5.41, 5.74) is 5.91. The number of hydrogen-bond donors (Lipinski definition) is 1. The summed E-state index contributed by atoms with van der Waals surface area (Å²) in [6.07, 6.45) is 0.244. The Bertz CT molecular complexity index is 470. The number of hydrogen-bond acceptors (Lipinski definition) is 6. The van der Waals surface area contributed by atoms with Crippen LogP contribution in [0.5, 0.6) is 5.75 Å². The molecule has 1 aromatic carbocycles. The van der Waals surface area contributed by atoms with E-state index in [-0.39, 0.29) is 12.4 Å². The minimum Gasteiger partial charge on any atom is -0.489 e. The monoisotopic (exact) mass is 325 g/mol. The van der Waals surface area contributed by atoms with Crippen molar-refractivity contribution in [1.82, 2.24) is 0 Å². The summed E-state index contributed by atoms with van der Waals surface area (Å²) < 4.78 is 21.4.